The Morgan fingerprint density at radius 3 is 2.88 bits per heavy atom. The third kappa shape index (κ3) is 3.52. The molecule has 0 unspecified atom stereocenters. The van der Waals surface area contributed by atoms with Gasteiger partial charge in [-0.25, -0.2) is 9.97 Å². The second-order valence-electron chi connectivity index (χ2n) is 5.42. The van der Waals surface area contributed by atoms with Crippen LogP contribution >= 0.6 is 0 Å². The smallest absolute Gasteiger partial charge is 0.273 e. The Balaban J connectivity index is 1.73. The molecule has 0 aliphatic heterocycles. The fraction of sp³-hybridized carbons (Fsp3) is 0.235. The number of methoxy groups -OCH3 is 1. The Morgan fingerprint density at radius 2 is 2.19 bits per heavy atom. The molecule has 0 spiro atoms. The summed E-state index contributed by atoms with van der Waals surface area (Å²) < 4.78 is 15.8. The molecular formula is C17H18N4O5. The van der Waals surface area contributed by atoms with Crippen LogP contribution in [0.4, 0.5) is 0 Å². The molecule has 3 aromatic rings. The number of carbonyl (C=O) groups is 1. The summed E-state index contributed by atoms with van der Waals surface area (Å²) in [6, 6.07) is 4.77. The van der Waals surface area contributed by atoms with E-state index in [0.29, 0.717) is 28.7 Å². The zero-order valence-corrected chi connectivity index (χ0v) is 14.3. The molecule has 0 atom stereocenters. The van der Waals surface area contributed by atoms with Crippen LogP contribution in [0, 0.1) is 6.92 Å². The fourth-order valence-electron chi connectivity index (χ4n) is 2.29. The van der Waals surface area contributed by atoms with Crippen molar-refractivity contribution in [1.82, 2.24) is 15.3 Å². The van der Waals surface area contributed by atoms with E-state index in [4.69, 9.17) is 19.3 Å². The first-order valence-corrected chi connectivity index (χ1v) is 7.78. The number of phenolic OH excluding ortho intramolecular Hbond substituents is 1. The number of aromatic nitrogens is 2. The van der Waals surface area contributed by atoms with Crippen LogP contribution in [0.25, 0.3) is 11.5 Å². The van der Waals surface area contributed by atoms with Gasteiger partial charge in [0.1, 0.15) is 17.7 Å². The number of amides is 1. The van der Waals surface area contributed by atoms with E-state index < -0.39 is 5.91 Å². The molecule has 0 saturated carbocycles. The lowest BCUT2D eigenvalue weighted by Crippen LogP contribution is -2.23. The van der Waals surface area contributed by atoms with E-state index in [1.807, 2.05) is 0 Å². The molecule has 9 nitrogen and oxygen atoms in total. The maximum Gasteiger partial charge on any atom is 0.273 e. The first-order chi connectivity index (χ1) is 12.5. The minimum Gasteiger partial charge on any atom is -0.504 e. The highest BCUT2D eigenvalue weighted by atomic mass is 16.5. The molecule has 0 bridgehead atoms. The Morgan fingerprint density at radius 1 is 1.38 bits per heavy atom. The highest BCUT2D eigenvalue weighted by molar-refractivity contribution is 5.91. The number of nitrogens with two attached hydrogens (primary N) is 1. The van der Waals surface area contributed by atoms with Gasteiger partial charge >= 0.3 is 0 Å². The van der Waals surface area contributed by atoms with Crippen molar-refractivity contribution in [2.45, 2.75) is 20.0 Å². The number of hydrogen-bond donors (Lipinski definition) is 3. The largest absolute Gasteiger partial charge is 0.504 e. The molecule has 1 amide bonds. The lowest BCUT2D eigenvalue weighted by Gasteiger charge is -2.03. The number of benzene rings is 1. The molecule has 2 heterocycles. The number of rotatable bonds is 6. The van der Waals surface area contributed by atoms with Crippen molar-refractivity contribution in [3.05, 3.63) is 47.5 Å². The number of hydrogen-bond acceptors (Lipinski definition) is 8. The summed E-state index contributed by atoms with van der Waals surface area (Å²) in [5.74, 6) is 1.15. The number of oxazole rings is 2. The SMILES string of the molecule is COc1cc(-c2nc(CNC(=O)c3coc(CN)n3)c(C)o2)ccc1O. The van der Waals surface area contributed by atoms with Crippen LogP contribution in [0.15, 0.2) is 33.3 Å². The van der Waals surface area contributed by atoms with E-state index in [9.17, 15) is 9.90 Å². The van der Waals surface area contributed by atoms with E-state index in [2.05, 4.69) is 15.3 Å². The van der Waals surface area contributed by atoms with Crippen molar-refractivity contribution in [3.8, 4) is 23.0 Å². The summed E-state index contributed by atoms with van der Waals surface area (Å²) in [5.41, 5.74) is 6.76. The van der Waals surface area contributed by atoms with Crippen LogP contribution in [-0.4, -0.2) is 28.1 Å². The summed E-state index contributed by atoms with van der Waals surface area (Å²) in [5, 5.41) is 12.4. The van der Waals surface area contributed by atoms with Crippen molar-refractivity contribution in [2.24, 2.45) is 5.73 Å². The van der Waals surface area contributed by atoms with Crippen molar-refractivity contribution in [3.63, 3.8) is 0 Å². The Kier molecular flexibility index (Phi) is 4.90. The summed E-state index contributed by atoms with van der Waals surface area (Å²) >= 11 is 0. The van der Waals surface area contributed by atoms with E-state index >= 15 is 0 Å². The molecule has 2 aromatic heterocycles. The molecule has 0 aliphatic rings. The number of phenols is 1. The molecule has 0 aliphatic carbocycles. The van der Waals surface area contributed by atoms with Crippen molar-refractivity contribution >= 4 is 5.91 Å². The second kappa shape index (κ2) is 7.28. The molecule has 9 heteroatoms. The van der Waals surface area contributed by atoms with Crippen LogP contribution in [0.3, 0.4) is 0 Å². The van der Waals surface area contributed by atoms with Gasteiger partial charge in [0.05, 0.1) is 20.2 Å². The molecule has 26 heavy (non-hydrogen) atoms. The van der Waals surface area contributed by atoms with Gasteiger partial charge < -0.3 is 29.7 Å². The topological polar surface area (TPSA) is 137 Å². The zero-order chi connectivity index (χ0) is 18.7. The van der Waals surface area contributed by atoms with Gasteiger partial charge in [-0.3, -0.25) is 4.79 Å². The molecule has 0 saturated heterocycles. The number of ether oxygens (including phenoxy) is 1. The number of aryl methyl sites for hydroxylation is 1. The van der Waals surface area contributed by atoms with Gasteiger partial charge in [0.25, 0.3) is 5.91 Å². The van der Waals surface area contributed by atoms with Crippen LogP contribution in [-0.2, 0) is 13.1 Å². The molecular weight excluding hydrogens is 340 g/mol. The molecule has 1 aromatic carbocycles. The number of nitrogens with zero attached hydrogens (tertiary/aromatic N) is 2. The van der Waals surface area contributed by atoms with Gasteiger partial charge in [0, 0.05) is 5.56 Å². The molecule has 3 rings (SSSR count). The lowest BCUT2D eigenvalue weighted by molar-refractivity contribution is 0.0945. The van der Waals surface area contributed by atoms with Gasteiger partial charge in [0.15, 0.2) is 17.2 Å². The summed E-state index contributed by atoms with van der Waals surface area (Å²) in [6.45, 7) is 2.03. The maximum atomic E-state index is 12.1. The molecule has 4 N–H and O–H groups in total. The van der Waals surface area contributed by atoms with Crippen molar-refractivity contribution < 1.29 is 23.5 Å². The monoisotopic (exact) mass is 358 g/mol. The Bertz CT molecular complexity index is 931. The molecule has 136 valence electrons. The van der Waals surface area contributed by atoms with Gasteiger partial charge in [-0.15, -0.1) is 0 Å². The number of aromatic hydroxyl groups is 1. The zero-order valence-electron chi connectivity index (χ0n) is 14.3. The second-order valence-corrected chi connectivity index (χ2v) is 5.42. The minimum absolute atomic E-state index is 0.0245. The van der Waals surface area contributed by atoms with Gasteiger partial charge in [0.2, 0.25) is 11.8 Å². The van der Waals surface area contributed by atoms with Gasteiger partial charge in [-0.05, 0) is 25.1 Å². The first-order valence-electron chi connectivity index (χ1n) is 7.78. The van der Waals surface area contributed by atoms with Crippen LogP contribution in [0.2, 0.25) is 0 Å². The van der Waals surface area contributed by atoms with Crippen molar-refractivity contribution in [2.75, 3.05) is 7.11 Å². The average molecular weight is 358 g/mol. The van der Waals surface area contributed by atoms with Crippen LogP contribution in [0.1, 0.15) is 27.8 Å². The highest BCUT2D eigenvalue weighted by Gasteiger charge is 2.16. The first kappa shape index (κ1) is 17.5. The standard InChI is InChI=1S/C17H18N4O5/c1-9-11(7-19-16(23)12-8-25-15(6-18)20-12)21-17(26-9)10-3-4-13(22)14(5-10)24-2/h3-5,8,22H,6-7,18H2,1-2H3,(H,19,23). The summed E-state index contributed by atoms with van der Waals surface area (Å²) in [4.78, 5) is 20.4. The molecule has 0 fully saturated rings. The highest BCUT2D eigenvalue weighted by Crippen LogP contribution is 2.31. The Hall–Kier alpha value is -3.33. The van der Waals surface area contributed by atoms with Crippen LogP contribution < -0.4 is 15.8 Å². The predicted molar refractivity (Wildman–Crippen MR) is 90.5 cm³/mol. The van der Waals surface area contributed by atoms with E-state index in [1.165, 1.54) is 19.4 Å². The van der Waals surface area contributed by atoms with Crippen LogP contribution in [0.5, 0.6) is 11.5 Å². The minimum atomic E-state index is -0.399. The molecule has 0 radical (unpaired) electrons. The van der Waals surface area contributed by atoms with E-state index in [-0.39, 0.29) is 30.4 Å². The normalized spacial score (nSPS) is 10.7. The number of nitrogens with one attached hydrogen (secondary N) is 1. The maximum absolute atomic E-state index is 12.1. The Labute approximate surface area is 148 Å². The number of carbonyl (C=O) groups excluding carboxylic acids is 1. The van der Waals surface area contributed by atoms with Gasteiger partial charge in [-0.2, -0.15) is 0 Å². The summed E-state index contributed by atoms with van der Waals surface area (Å²) in [7, 11) is 1.46. The van der Waals surface area contributed by atoms with E-state index in [0.717, 1.165) is 0 Å². The third-order valence-electron chi connectivity index (χ3n) is 3.69. The summed E-state index contributed by atoms with van der Waals surface area (Å²) in [6.07, 6.45) is 1.25. The van der Waals surface area contributed by atoms with E-state index in [1.54, 1.807) is 19.1 Å². The van der Waals surface area contributed by atoms with Crippen molar-refractivity contribution in [1.29, 1.82) is 0 Å². The lowest BCUT2D eigenvalue weighted by atomic mass is 10.2. The average Bonchev–Trinajstić information content (AvgIpc) is 3.27. The fourth-order valence-corrected chi connectivity index (χ4v) is 2.29. The predicted octanol–water partition coefficient (Wildman–Crippen LogP) is 1.74. The van der Waals surface area contributed by atoms with Gasteiger partial charge in [-0.1, -0.05) is 0 Å². The third-order valence-corrected chi connectivity index (χ3v) is 3.69. The quantitative estimate of drug-likeness (QED) is 0.606.